The maximum atomic E-state index is 11.1. The van der Waals surface area contributed by atoms with Gasteiger partial charge in [-0.05, 0) is 11.6 Å². The normalized spacial score (nSPS) is 17.1. The molecule has 0 unspecified atom stereocenters. The van der Waals surface area contributed by atoms with Crippen LogP contribution in [-0.4, -0.2) is 60.6 Å². The molecule has 0 N–H and O–H groups in total. The highest BCUT2D eigenvalue weighted by Crippen LogP contribution is 2.16. The van der Waals surface area contributed by atoms with Crippen LogP contribution in [0.15, 0.2) is 18.5 Å². The van der Waals surface area contributed by atoms with Gasteiger partial charge in [-0.2, -0.15) is 0 Å². The van der Waals surface area contributed by atoms with Crippen molar-refractivity contribution in [2.45, 2.75) is 13.0 Å². The second-order valence-corrected chi connectivity index (χ2v) is 5.32. The number of carbonyl (C=O) groups is 1. The topological polar surface area (TPSA) is 45.7 Å². The summed E-state index contributed by atoms with van der Waals surface area (Å²) in [6.07, 6.45) is 3.92. The Hall–Kier alpha value is -1.17. The van der Waals surface area contributed by atoms with Crippen molar-refractivity contribution >= 4 is 17.6 Å². The van der Waals surface area contributed by atoms with E-state index in [0.29, 0.717) is 6.42 Å². The molecular formula is C14H20ClN3O2. The molecule has 0 amide bonds. The van der Waals surface area contributed by atoms with E-state index in [0.717, 1.165) is 49.9 Å². The number of pyridine rings is 1. The van der Waals surface area contributed by atoms with Crippen molar-refractivity contribution < 1.29 is 9.53 Å². The molecule has 0 spiro atoms. The molecule has 0 radical (unpaired) electrons. The summed E-state index contributed by atoms with van der Waals surface area (Å²) >= 11 is 6.12. The molecule has 5 nitrogen and oxygen atoms in total. The van der Waals surface area contributed by atoms with Gasteiger partial charge < -0.3 is 9.64 Å². The Labute approximate surface area is 124 Å². The second-order valence-electron chi connectivity index (χ2n) is 4.91. The first kappa shape index (κ1) is 15.2. The van der Waals surface area contributed by atoms with Crippen LogP contribution in [0.5, 0.6) is 0 Å². The lowest BCUT2D eigenvalue weighted by Crippen LogP contribution is -2.46. The van der Waals surface area contributed by atoms with Crippen LogP contribution in [0.3, 0.4) is 0 Å². The highest BCUT2D eigenvalue weighted by molar-refractivity contribution is 6.31. The average Bonchev–Trinajstić information content (AvgIpc) is 2.48. The molecule has 110 valence electrons. The minimum absolute atomic E-state index is 0.143. The van der Waals surface area contributed by atoms with Crippen LogP contribution < -0.4 is 0 Å². The fourth-order valence-electron chi connectivity index (χ4n) is 2.30. The lowest BCUT2D eigenvalue weighted by Gasteiger charge is -2.34. The van der Waals surface area contributed by atoms with Crippen LogP contribution in [0.25, 0.3) is 0 Å². The molecule has 20 heavy (non-hydrogen) atoms. The van der Waals surface area contributed by atoms with Gasteiger partial charge in [0.1, 0.15) is 0 Å². The summed E-state index contributed by atoms with van der Waals surface area (Å²) in [5, 5.41) is 0.723. The summed E-state index contributed by atoms with van der Waals surface area (Å²) in [7, 11) is 1.43. The Bertz CT molecular complexity index is 448. The van der Waals surface area contributed by atoms with Gasteiger partial charge in [-0.3, -0.25) is 14.7 Å². The van der Waals surface area contributed by atoms with Crippen LogP contribution >= 0.6 is 11.6 Å². The van der Waals surface area contributed by atoms with Crippen molar-refractivity contribution in [3.63, 3.8) is 0 Å². The van der Waals surface area contributed by atoms with Crippen molar-refractivity contribution in [1.29, 1.82) is 0 Å². The largest absolute Gasteiger partial charge is 0.469 e. The number of hydrogen-bond donors (Lipinski definition) is 0. The third-order valence-electron chi connectivity index (χ3n) is 3.58. The fraction of sp³-hybridized carbons (Fsp3) is 0.571. The van der Waals surface area contributed by atoms with Crippen LogP contribution in [-0.2, 0) is 16.1 Å². The standard InChI is InChI=1S/C14H20ClN3O2/c1-20-14(19)3-5-17-6-8-18(9-7-17)11-12-2-4-16-10-13(12)15/h2,4,10H,3,5-9,11H2,1H3. The molecule has 1 aliphatic rings. The summed E-state index contributed by atoms with van der Waals surface area (Å²) in [5.41, 5.74) is 1.12. The zero-order valence-corrected chi connectivity index (χ0v) is 12.5. The lowest BCUT2D eigenvalue weighted by atomic mass is 10.2. The predicted octanol–water partition coefficient (Wildman–Crippen LogP) is 1.42. The van der Waals surface area contributed by atoms with E-state index in [1.165, 1.54) is 7.11 Å². The molecule has 0 bridgehead atoms. The first-order valence-corrected chi connectivity index (χ1v) is 7.16. The molecule has 6 heteroatoms. The minimum atomic E-state index is -0.143. The molecule has 0 saturated carbocycles. The SMILES string of the molecule is COC(=O)CCN1CCN(Cc2ccncc2Cl)CC1. The third kappa shape index (κ3) is 4.44. The second kappa shape index (κ2) is 7.57. The van der Waals surface area contributed by atoms with E-state index in [1.807, 2.05) is 6.07 Å². The predicted molar refractivity (Wildman–Crippen MR) is 77.6 cm³/mol. The molecular weight excluding hydrogens is 278 g/mol. The molecule has 0 aromatic carbocycles. The van der Waals surface area contributed by atoms with Gasteiger partial charge in [0.2, 0.25) is 0 Å². The number of nitrogens with zero attached hydrogens (tertiary/aromatic N) is 3. The van der Waals surface area contributed by atoms with Crippen LogP contribution in [0.1, 0.15) is 12.0 Å². The molecule has 1 aromatic rings. The maximum Gasteiger partial charge on any atom is 0.306 e. The number of carbonyl (C=O) groups excluding carboxylic acids is 1. The number of aromatic nitrogens is 1. The van der Waals surface area contributed by atoms with Crippen molar-refractivity contribution in [3.05, 3.63) is 29.0 Å². The highest BCUT2D eigenvalue weighted by Gasteiger charge is 2.18. The van der Waals surface area contributed by atoms with Gasteiger partial charge in [-0.15, -0.1) is 0 Å². The fourth-order valence-corrected chi connectivity index (χ4v) is 2.47. The Balaban J connectivity index is 1.74. The van der Waals surface area contributed by atoms with E-state index < -0.39 is 0 Å². The van der Waals surface area contributed by atoms with Gasteiger partial charge in [0.15, 0.2) is 0 Å². The zero-order chi connectivity index (χ0) is 14.4. The van der Waals surface area contributed by atoms with E-state index in [-0.39, 0.29) is 5.97 Å². The van der Waals surface area contributed by atoms with Crippen LogP contribution in [0.4, 0.5) is 0 Å². The van der Waals surface area contributed by atoms with Crippen molar-refractivity contribution in [2.75, 3.05) is 39.8 Å². The summed E-state index contributed by atoms with van der Waals surface area (Å²) < 4.78 is 4.66. The Kier molecular flexibility index (Phi) is 5.76. The smallest absolute Gasteiger partial charge is 0.306 e. The Morgan fingerprint density at radius 2 is 2.05 bits per heavy atom. The van der Waals surface area contributed by atoms with Crippen LogP contribution in [0.2, 0.25) is 5.02 Å². The van der Waals surface area contributed by atoms with Gasteiger partial charge in [-0.25, -0.2) is 0 Å². The summed E-state index contributed by atoms with van der Waals surface area (Å²) in [4.78, 5) is 19.8. The van der Waals surface area contributed by atoms with Gasteiger partial charge in [0, 0.05) is 51.7 Å². The molecule has 2 heterocycles. The molecule has 1 fully saturated rings. The quantitative estimate of drug-likeness (QED) is 0.769. The molecule has 1 saturated heterocycles. The first-order valence-electron chi connectivity index (χ1n) is 6.79. The van der Waals surface area contributed by atoms with Crippen LogP contribution in [0, 0.1) is 0 Å². The number of ether oxygens (including phenoxy) is 1. The summed E-state index contributed by atoms with van der Waals surface area (Å²) in [5.74, 6) is -0.143. The Morgan fingerprint density at radius 1 is 1.35 bits per heavy atom. The molecule has 1 aromatic heterocycles. The van der Waals surface area contributed by atoms with Crippen molar-refractivity contribution in [1.82, 2.24) is 14.8 Å². The van der Waals surface area contributed by atoms with Gasteiger partial charge >= 0.3 is 5.97 Å². The number of esters is 1. The number of halogens is 1. The summed E-state index contributed by atoms with van der Waals surface area (Å²) in [6.45, 7) is 5.54. The van der Waals surface area contributed by atoms with Gasteiger partial charge in [-0.1, -0.05) is 11.6 Å². The monoisotopic (exact) mass is 297 g/mol. The summed E-state index contributed by atoms with van der Waals surface area (Å²) in [6, 6.07) is 1.96. The Morgan fingerprint density at radius 3 is 2.70 bits per heavy atom. The first-order chi connectivity index (χ1) is 9.69. The van der Waals surface area contributed by atoms with E-state index >= 15 is 0 Å². The van der Waals surface area contributed by atoms with Gasteiger partial charge in [0.25, 0.3) is 0 Å². The number of hydrogen-bond acceptors (Lipinski definition) is 5. The highest BCUT2D eigenvalue weighted by atomic mass is 35.5. The van der Waals surface area contributed by atoms with Crippen molar-refractivity contribution in [3.8, 4) is 0 Å². The third-order valence-corrected chi connectivity index (χ3v) is 3.92. The average molecular weight is 298 g/mol. The lowest BCUT2D eigenvalue weighted by molar-refractivity contribution is -0.141. The zero-order valence-electron chi connectivity index (χ0n) is 11.7. The van der Waals surface area contributed by atoms with E-state index in [9.17, 15) is 4.79 Å². The molecule has 0 atom stereocenters. The molecule has 2 rings (SSSR count). The van der Waals surface area contributed by atoms with E-state index in [2.05, 4.69) is 19.5 Å². The van der Waals surface area contributed by atoms with E-state index in [4.69, 9.17) is 11.6 Å². The van der Waals surface area contributed by atoms with E-state index in [1.54, 1.807) is 12.4 Å². The van der Waals surface area contributed by atoms with Crippen molar-refractivity contribution in [2.24, 2.45) is 0 Å². The molecule has 0 aliphatic carbocycles. The number of methoxy groups -OCH3 is 1. The maximum absolute atomic E-state index is 11.1. The molecule has 1 aliphatic heterocycles. The number of piperazine rings is 1. The van der Waals surface area contributed by atoms with Gasteiger partial charge in [0.05, 0.1) is 18.6 Å². The minimum Gasteiger partial charge on any atom is -0.469 e. The number of rotatable bonds is 5.